The summed E-state index contributed by atoms with van der Waals surface area (Å²) in [5, 5.41) is 11.0. The van der Waals surface area contributed by atoms with Crippen LogP contribution in [-0.4, -0.2) is 11.0 Å². The third-order valence-electron chi connectivity index (χ3n) is 2.66. The number of rotatable bonds is 2. The van der Waals surface area contributed by atoms with E-state index >= 15 is 0 Å². The van der Waals surface area contributed by atoms with E-state index in [0.29, 0.717) is 0 Å². The molecule has 1 amide bonds. The summed E-state index contributed by atoms with van der Waals surface area (Å²) in [6, 6.07) is 8.42. The molecule has 2 rings (SSSR count). The lowest BCUT2D eigenvalue weighted by atomic mass is 10.1. The molecular weight excluding hydrogens is 307 g/mol. The fourth-order valence-corrected chi connectivity index (χ4v) is 1.86. The van der Waals surface area contributed by atoms with E-state index in [1.54, 1.807) is 0 Å². The Bertz CT molecular complexity index is 669. The van der Waals surface area contributed by atoms with Crippen LogP contribution in [-0.2, 0) is 6.18 Å². The highest BCUT2D eigenvalue weighted by Gasteiger charge is 2.33. The van der Waals surface area contributed by atoms with Crippen molar-refractivity contribution < 1.29 is 23.1 Å². The second-order valence-corrected chi connectivity index (χ2v) is 4.60. The lowest BCUT2D eigenvalue weighted by Gasteiger charge is -2.11. The number of anilines is 1. The smallest absolute Gasteiger partial charge is 0.417 e. The summed E-state index contributed by atoms with van der Waals surface area (Å²) in [7, 11) is 0. The predicted molar refractivity (Wildman–Crippen MR) is 72.5 cm³/mol. The van der Waals surface area contributed by atoms with Crippen LogP contribution in [0.4, 0.5) is 18.9 Å². The fraction of sp³-hybridized carbons (Fsp3) is 0.0714. The highest BCUT2D eigenvalue weighted by atomic mass is 35.5. The van der Waals surface area contributed by atoms with Gasteiger partial charge < -0.3 is 10.4 Å². The molecule has 0 fully saturated rings. The Kier molecular flexibility index (Phi) is 4.09. The van der Waals surface area contributed by atoms with Crippen LogP contribution < -0.4 is 5.32 Å². The van der Waals surface area contributed by atoms with Crippen molar-refractivity contribution >= 4 is 23.2 Å². The lowest BCUT2D eigenvalue weighted by Crippen LogP contribution is -2.13. The molecule has 2 aromatic rings. The van der Waals surface area contributed by atoms with Crippen LogP contribution in [0.1, 0.15) is 15.9 Å². The molecule has 0 aliphatic rings. The number of phenolic OH excluding ortho intramolecular Hbond substituents is 1. The Balaban J connectivity index is 2.24. The number of hydrogen-bond donors (Lipinski definition) is 2. The zero-order chi connectivity index (χ0) is 15.6. The number of benzene rings is 2. The van der Waals surface area contributed by atoms with E-state index in [2.05, 4.69) is 5.32 Å². The first-order chi connectivity index (χ1) is 9.77. The van der Waals surface area contributed by atoms with Gasteiger partial charge in [0, 0.05) is 11.3 Å². The summed E-state index contributed by atoms with van der Waals surface area (Å²) >= 11 is 5.49. The maximum atomic E-state index is 12.7. The van der Waals surface area contributed by atoms with Gasteiger partial charge in [0.15, 0.2) is 0 Å². The second kappa shape index (κ2) is 5.65. The van der Waals surface area contributed by atoms with E-state index in [-0.39, 0.29) is 17.0 Å². The van der Waals surface area contributed by atoms with Gasteiger partial charge in [-0.1, -0.05) is 11.6 Å². The van der Waals surface area contributed by atoms with E-state index in [9.17, 15) is 18.0 Å². The van der Waals surface area contributed by atoms with Crippen molar-refractivity contribution in [2.24, 2.45) is 0 Å². The number of amides is 1. The molecule has 0 saturated carbocycles. The summed E-state index contributed by atoms with van der Waals surface area (Å²) in [6.07, 6.45) is -4.60. The number of halogens is 4. The minimum absolute atomic E-state index is 0.0163. The summed E-state index contributed by atoms with van der Waals surface area (Å²) < 4.78 is 38.1. The number of hydrogen-bond acceptors (Lipinski definition) is 2. The number of nitrogens with one attached hydrogen (secondary N) is 1. The van der Waals surface area contributed by atoms with Gasteiger partial charge in [-0.2, -0.15) is 13.2 Å². The van der Waals surface area contributed by atoms with E-state index in [1.807, 2.05) is 0 Å². The lowest BCUT2D eigenvalue weighted by molar-refractivity contribution is -0.137. The van der Waals surface area contributed by atoms with E-state index in [0.717, 1.165) is 12.1 Å². The molecule has 0 saturated heterocycles. The molecule has 0 unspecified atom stereocenters. The minimum Gasteiger partial charge on any atom is -0.508 e. The van der Waals surface area contributed by atoms with Gasteiger partial charge in [0.25, 0.3) is 5.91 Å². The summed E-state index contributed by atoms with van der Waals surface area (Å²) in [6.45, 7) is 0. The molecule has 0 aromatic heterocycles. The number of carbonyl (C=O) groups excluding carboxylic acids is 1. The molecule has 0 spiro atoms. The molecule has 2 N–H and O–H groups in total. The van der Waals surface area contributed by atoms with Crippen LogP contribution in [0.25, 0.3) is 0 Å². The Morgan fingerprint density at radius 1 is 1.10 bits per heavy atom. The summed E-state index contributed by atoms with van der Waals surface area (Å²) in [5.41, 5.74) is -0.839. The molecule has 7 heteroatoms. The maximum Gasteiger partial charge on any atom is 0.417 e. The van der Waals surface area contributed by atoms with Crippen LogP contribution in [0, 0.1) is 0 Å². The first-order valence-corrected chi connectivity index (χ1v) is 6.12. The molecule has 3 nitrogen and oxygen atoms in total. The molecule has 0 heterocycles. The topological polar surface area (TPSA) is 49.3 Å². The van der Waals surface area contributed by atoms with Crippen LogP contribution >= 0.6 is 11.6 Å². The van der Waals surface area contributed by atoms with Gasteiger partial charge in [0.2, 0.25) is 0 Å². The molecule has 2 aromatic carbocycles. The molecule has 0 atom stereocenters. The largest absolute Gasteiger partial charge is 0.508 e. The highest BCUT2D eigenvalue weighted by molar-refractivity contribution is 6.31. The fourth-order valence-electron chi connectivity index (χ4n) is 1.64. The molecule has 110 valence electrons. The van der Waals surface area contributed by atoms with Crippen LogP contribution in [0.2, 0.25) is 5.02 Å². The van der Waals surface area contributed by atoms with Crippen molar-refractivity contribution in [2.75, 3.05) is 5.32 Å². The summed E-state index contributed by atoms with van der Waals surface area (Å²) in [5.74, 6) is -0.608. The van der Waals surface area contributed by atoms with Crippen molar-refractivity contribution in [3.05, 3.63) is 58.6 Å². The van der Waals surface area contributed by atoms with Crippen molar-refractivity contribution in [3.8, 4) is 5.75 Å². The molecule has 0 aliphatic heterocycles. The molecule has 21 heavy (non-hydrogen) atoms. The molecule has 0 radical (unpaired) electrons. The Hall–Kier alpha value is -2.21. The van der Waals surface area contributed by atoms with Crippen molar-refractivity contribution in [2.45, 2.75) is 6.18 Å². The molecule has 0 bridgehead atoms. The average Bonchev–Trinajstić information content (AvgIpc) is 2.40. The van der Waals surface area contributed by atoms with Crippen LogP contribution in [0.5, 0.6) is 5.75 Å². The number of aromatic hydroxyl groups is 1. The Morgan fingerprint density at radius 3 is 2.29 bits per heavy atom. The second-order valence-electron chi connectivity index (χ2n) is 4.19. The van der Waals surface area contributed by atoms with Gasteiger partial charge in [-0.3, -0.25) is 4.79 Å². The van der Waals surface area contributed by atoms with Crippen molar-refractivity contribution in [1.29, 1.82) is 0 Å². The quantitative estimate of drug-likeness (QED) is 0.867. The van der Waals surface area contributed by atoms with Gasteiger partial charge in [-0.05, 0) is 42.5 Å². The van der Waals surface area contributed by atoms with Gasteiger partial charge >= 0.3 is 6.18 Å². The molecule has 0 aliphatic carbocycles. The third kappa shape index (κ3) is 3.66. The minimum atomic E-state index is -4.60. The van der Waals surface area contributed by atoms with Crippen molar-refractivity contribution in [1.82, 2.24) is 0 Å². The number of phenols is 1. The van der Waals surface area contributed by atoms with Gasteiger partial charge in [-0.15, -0.1) is 0 Å². The average molecular weight is 316 g/mol. The normalized spacial score (nSPS) is 11.2. The maximum absolute atomic E-state index is 12.7. The monoisotopic (exact) mass is 315 g/mol. The standard InChI is InChI=1S/C14H9ClF3NO2/c15-12-6-3-9(7-11(12)14(16,17)18)19-13(21)8-1-4-10(20)5-2-8/h1-7,20H,(H,19,21). The predicted octanol–water partition coefficient (Wildman–Crippen LogP) is 4.32. The van der Waals surface area contributed by atoms with Crippen molar-refractivity contribution in [3.63, 3.8) is 0 Å². The van der Waals surface area contributed by atoms with Gasteiger partial charge in [0.1, 0.15) is 5.75 Å². The van der Waals surface area contributed by atoms with E-state index < -0.39 is 22.7 Å². The van der Waals surface area contributed by atoms with Gasteiger partial charge in [-0.25, -0.2) is 0 Å². The zero-order valence-corrected chi connectivity index (χ0v) is 11.2. The zero-order valence-electron chi connectivity index (χ0n) is 10.4. The van der Waals surface area contributed by atoms with Gasteiger partial charge in [0.05, 0.1) is 10.6 Å². The third-order valence-corrected chi connectivity index (χ3v) is 2.99. The van der Waals surface area contributed by atoms with E-state index in [1.165, 1.54) is 30.3 Å². The Morgan fingerprint density at radius 2 is 1.71 bits per heavy atom. The summed E-state index contributed by atoms with van der Waals surface area (Å²) in [4.78, 5) is 11.9. The first kappa shape index (κ1) is 15.2. The first-order valence-electron chi connectivity index (χ1n) is 5.74. The number of alkyl halides is 3. The Labute approximate surface area is 123 Å². The van der Waals surface area contributed by atoms with Crippen LogP contribution in [0.3, 0.4) is 0 Å². The highest BCUT2D eigenvalue weighted by Crippen LogP contribution is 2.36. The van der Waals surface area contributed by atoms with E-state index in [4.69, 9.17) is 16.7 Å². The molecular formula is C14H9ClF3NO2. The number of carbonyl (C=O) groups is 1. The van der Waals surface area contributed by atoms with Crippen LogP contribution in [0.15, 0.2) is 42.5 Å². The SMILES string of the molecule is O=C(Nc1ccc(Cl)c(C(F)(F)F)c1)c1ccc(O)cc1.